The summed E-state index contributed by atoms with van der Waals surface area (Å²) < 4.78 is 4.78. The molecule has 1 aromatic rings. The maximum Gasteiger partial charge on any atom is 0.410 e. The topological polar surface area (TPSA) is 87.7 Å². The van der Waals surface area contributed by atoms with Crippen LogP contribution in [0.1, 0.15) is 6.92 Å². The van der Waals surface area contributed by atoms with Crippen LogP contribution in [0, 0.1) is 0 Å². The standard InChI is InChI=1S/C13H15N3O4/c1-8(17)14-9-3-5-10(6-4-9)15-12(18)11-7-20-13(19)16(11)2/h3-6,11H,7H2,1-2H3,(H,14,17)(H,15,18). The van der Waals surface area contributed by atoms with Crippen molar-refractivity contribution < 1.29 is 19.1 Å². The van der Waals surface area contributed by atoms with E-state index in [2.05, 4.69) is 10.6 Å². The van der Waals surface area contributed by atoms with Gasteiger partial charge >= 0.3 is 6.09 Å². The second kappa shape index (κ2) is 5.60. The summed E-state index contributed by atoms with van der Waals surface area (Å²) in [6, 6.07) is 6.06. The van der Waals surface area contributed by atoms with Gasteiger partial charge in [0.2, 0.25) is 5.91 Å². The zero-order valence-electron chi connectivity index (χ0n) is 11.2. The highest BCUT2D eigenvalue weighted by molar-refractivity contribution is 5.98. The summed E-state index contributed by atoms with van der Waals surface area (Å²) in [5, 5.41) is 5.32. The van der Waals surface area contributed by atoms with Gasteiger partial charge in [0.1, 0.15) is 12.6 Å². The average Bonchev–Trinajstić information content (AvgIpc) is 2.72. The van der Waals surface area contributed by atoms with Crippen molar-refractivity contribution in [2.75, 3.05) is 24.3 Å². The molecule has 0 aliphatic carbocycles. The number of likely N-dealkylation sites (N-methyl/N-ethyl adjacent to an activating group) is 1. The van der Waals surface area contributed by atoms with Gasteiger partial charge in [-0.2, -0.15) is 0 Å². The van der Waals surface area contributed by atoms with Gasteiger partial charge < -0.3 is 15.4 Å². The molecule has 2 rings (SSSR count). The largest absolute Gasteiger partial charge is 0.447 e. The molecule has 106 valence electrons. The lowest BCUT2D eigenvalue weighted by Gasteiger charge is -2.15. The first-order valence-electron chi connectivity index (χ1n) is 6.05. The van der Waals surface area contributed by atoms with Crippen LogP contribution >= 0.6 is 0 Å². The minimum atomic E-state index is -0.627. The quantitative estimate of drug-likeness (QED) is 0.864. The van der Waals surface area contributed by atoms with Crippen LogP contribution in [0.15, 0.2) is 24.3 Å². The van der Waals surface area contributed by atoms with E-state index in [1.165, 1.54) is 18.9 Å². The smallest absolute Gasteiger partial charge is 0.410 e. The van der Waals surface area contributed by atoms with Gasteiger partial charge in [-0.15, -0.1) is 0 Å². The van der Waals surface area contributed by atoms with Crippen LogP contribution in [0.2, 0.25) is 0 Å². The van der Waals surface area contributed by atoms with Crippen LogP contribution in [-0.4, -0.2) is 42.5 Å². The Kier molecular flexibility index (Phi) is 3.88. The molecule has 0 aromatic heterocycles. The van der Waals surface area contributed by atoms with Crippen LogP contribution in [0.25, 0.3) is 0 Å². The second-order valence-corrected chi connectivity index (χ2v) is 4.45. The molecule has 0 spiro atoms. The van der Waals surface area contributed by atoms with Crippen molar-refractivity contribution in [1.29, 1.82) is 0 Å². The molecule has 0 saturated carbocycles. The summed E-state index contributed by atoms with van der Waals surface area (Å²) >= 11 is 0. The van der Waals surface area contributed by atoms with E-state index in [4.69, 9.17) is 4.74 Å². The van der Waals surface area contributed by atoms with E-state index in [1.54, 1.807) is 24.3 Å². The number of nitrogens with zero attached hydrogens (tertiary/aromatic N) is 1. The molecule has 1 aliphatic heterocycles. The van der Waals surface area contributed by atoms with E-state index in [0.29, 0.717) is 11.4 Å². The van der Waals surface area contributed by atoms with Crippen LogP contribution in [-0.2, 0) is 14.3 Å². The minimum Gasteiger partial charge on any atom is -0.447 e. The molecule has 3 amide bonds. The minimum absolute atomic E-state index is 0.0468. The number of nitrogens with one attached hydrogen (secondary N) is 2. The molecular weight excluding hydrogens is 262 g/mol. The normalized spacial score (nSPS) is 17.6. The first-order chi connectivity index (χ1) is 9.47. The number of hydrogen-bond donors (Lipinski definition) is 2. The van der Waals surface area contributed by atoms with Gasteiger partial charge in [0.05, 0.1) is 0 Å². The van der Waals surface area contributed by atoms with Crippen molar-refractivity contribution in [2.24, 2.45) is 0 Å². The predicted molar refractivity (Wildman–Crippen MR) is 72.3 cm³/mol. The molecule has 1 fully saturated rings. The molecular formula is C13H15N3O4. The number of carbonyl (C=O) groups excluding carboxylic acids is 3. The van der Waals surface area contributed by atoms with Gasteiger partial charge in [0.15, 0.2) is 0 Å². The summed E-state index contributed by atoms with van der Waals surface area (Å²) in [5.41, 5.74) is 1.23. The van der Waals surface area contributed by atoms with Crippen molar-refractivity contribution in [3.8, 4) is 0 Å². The van der Waals surface area contributed by atoms with Gasteiger partial charge in [-0.25, -0.2) is 4.79 Å². The summed E-state index contributed by atoms with van der Waals surface area (Å²) in [6.45, 7) is 1.47. The van der Waals surface area contributed by atoms with E-state index in [1.807, 2.05) is 0 Å². The molecule has 1 aliphatic rings. The first kappa shape index (κ1) is 13.9. The number of benzene rings is 1. The third kappa shape index (κ3) is 3.05. The molecule has 7 heteroatoms. The summed E-state index contributed by atoms with van der Waals surface area (Å²) in [4.78, 5) is 35.3. The van der Waals surface area contributed by atoms with Crippen molar-refractivity contribution in [2.45, 2.75) is 13.0 Å². The van der Waals surface area contributed by atoms with Crippen molar-refractivity contribution in [3.63, 3.8) is 0 Å². The molecule has 2 N–H and O–H groups in total. The summed E-state index contributed by atoms with van der Waals surface area (Å²) in [5.74, 6) is -0.476. The number of hydrogen-bond acceptors (Lipinski definition) is 4. The lowest BCUT2D eigenvalue weighted by molar-refractivity contribution is -0.119. The van der Waals surface area contributed by atoms with E-state index in [-0.39, 0.29) is 18.4 Å². The fraction of sp³-hybridized carbons (Fsp3) is 0.308. The van der Waals surface area contributed by atoms with Gasteiger partial charge in [-0.05, 0) is 24.3 Å². The Morgan fingerprint density at radius 1 is 1.20 bits per heavy atom. The van der Waals surface area contributed by atoms with Gasteiger partial charge in [-0.1, -0.05) is 0 Å². The Labute approximate surface area is 115 Å². The Bertz CT molecular complexity index is 541. The molecule has 1 unspecified atom stereocenters. The highest BCUT2D eigenvalue weighted by Gasteiger charge is 2.35. The lowest BCUT2D eigenvalue weighted by atomic mass is 10.2. The summed E-state index contributed by atoms with van der Waals surface area (Å²) in [7, 11) is 1.51. The molecule has 0 radical (unpaired) electrons. The number of amides is 3. The molecule has 1 aromatic carbocycles. The monoisotopic (exact) mass is 277 g/mol. The zero-order chi connectivity index (χ0) is 14.7. The van der Waals surface area contributed by atoms with Crippen LogP contribution in [0.5, 0.6) is 0 Å². The number of anilines is 2. The first-order valence-corrected chi connectivity index (χ1v) is 6.05. The fourth-order valence-corrected chi connectivity index (χ4v) is 1.81. The molecule has 7 nitrogen and oxygen atoms in total. The molecule has 1 heterocycles. The van der Waals surface area contributed by atoms with Gasteiger partial charge in [0.25, 0.3) is 5.91 Å². The van der Waals surface area contributed by atoms with E-state index < -0.39 is 12.1 Å². The Morgan fingerprint density at radius 3 is 2.20 bits per heavy atom. The fourth-order valence-electron chi connectivity index (χ4n) is 1.81. The molecule has 0 bridgehead atoms. The molecule has 1 atom stereocenters. The molecule has 1 saturated heterocycles. The third-order valence-electron chi connectivity index (χ3n) is 2.90. The average molecular weight is 277 g/mol. The van der Waals surface area contributed by atoms with Crippen LogP contribution in [0.4, 0.5) is 16.2 Å². The van der Waals surface area contributed by atoms with E-state index >= 15 is 0 Å². The number of cyclic esters (lactones) is 1. The number of carbonyl (C=O) groups is 3. The highest BCUT2D eigenvalue weighted by atomic mass is 16.6. The Balaban J connectivity index is 1.98. The van der Waals surface area contributed by atoms with E-state index in [9.17, 15) is 14.4 Å². The Morgan fingerprint density at radius 2 is 1.75 bits per heavy atom. The van der Waals surface area contributed by atoms with Crippen LogP contribution in [0.3, 0.4) is 0 Å². The number of ether oxygens (including phenoxy) is 1. The maximum atomic E-state index is 12.0. The SMILES string of the molecule is CC(=O)Nc1ccc(NC(=O)C2COC(=O)N2C)cc1. The highest BCUT2D eigenvalue weighted by Crippen LogP contribution is 2.16. The summed E-state index contributed by atoms with van der Waals surface area (Å²) in [6.07, 6.45) is -0.508. The zero-order valence-corrected chi connectivity index (χ0v) is 11.2. The second-order valence-electron chi connectivity index (χ2n) is 4.45. The van der Waals surface area contributed by atoms with Crippen LogP contribution < -0.4 is 10.6 Å². The van der Waals surface area contributed by atoms with Gasteiger partial charge in [-0.3, -0.25) is 14.5 Å². The Hall–Kier alpha value is -2.57. The predicted octanol–water partition coefficient (Wildman–Crippen LogP) is 1.03. The molecule has 20 heavy (non-hydrogen) atoms. The van der Waals surface area contributed by atoms with Gasteiger partial charge in [0, 0.05) is 25.3 Å². The lowest BCUT2D eigenvalue weighted by Crippen LogP contribution is -2.40. The van der Waals surface area contributed by atoms with Crippen molar-refractivity contribution >= 4 is 29.3 Å². The van der Waals surface area contributed by atoms with Crippen molar-refractivity contribution in [1.82, 2.24) is 4.90 Å². The third-order valence-corrected chi connectivity index (χ3v) is 2.90. The number of rotatable bonds is 3. The van der Waals surface area contributed by atoms with Crippen molar-refractivity contribution in [3.05, 3.63) is 24.3 Å². The van der Waals surface area contributed by atoms with E-state index in [0.717, 1.165) is 0 Å². The maximum absolute atomic E-state index is 12.0.